The van der Waals surface area contributed by atoms with E-state index in [0.29, 0.717) is 17.8 Å². The van der Waals surface area contributed by atoms with Crippen molar-refractivity contribution in [1.82, 2.24) is 0 Å². The number of fused-ring (bicyclic) bond motifs is 1. The summed E-state index contributed by atoms with van der Waals surface area (Å²) < 4.78 is 18.6. The first-order valence-corrected chi connectivity index (χ1v) is 15.8. The van der Waals surface area contributed by atoms with Crippen LogP contribution in [-0.4, -0.2) is 25.2 Å². The Morgan fingerprint density at radius 2 is 1.33 bits per heavy atom. The van der Waals surface area contributed by atoms with Gasteiger partial charge in [-0.2, -0.15) is 0 Å². The van der Waals surface area contributed by atoms with Gasteiger partial charge in [0.2, 0.25) is 0 Å². The van der Waals surface area contributed by atoms with Gasteiger partial charge in [0.25, 0.3) is 0 Å². The molecule has 0 saturated carbocycles. The van der Waals surface area contributed by atoms with Gasteiger partial charge < -0.3 is 14.2 Å². The maximum Gasteiger partial charge on any atom is 0.130 e. The van der Waals surface area contributed by atoms with E-state index in [-0.39, 0.29) is 11.0 Å². The van der Waals surface area contributed by atoms with Crippen LogP contribution in [0, 0.1) is 0 Å². The largest absolute Gasteiger partial charge is 0.496 e. The predicted molar refractivity (Wildman–Crippen MR) is 168 cm³/mol. The minimum atomic E-state index is -0.685. The number of hydrogen-bond acceptors (Lipinski definition) is 3. The first kappa shape index (κ1) is 29.5. The molecule has 4 rings (SSSR count). The highest BCUT2D eigenvalue weighted by Crippen LogP contribution is 2.61. The van der Waals surface area contributed by atoms with E-state index in [2.05, 4.69) is 92.6 Å². The molecule has 0 aliphatic carbocycles. The van der Waals surface area contributed by atoms with E-state index in [1.165, 1.54) is 27.6 Å². The summed E-state index contributed by atoms with van der Waals surface area (Å²) >= 11 is 0. The van der Waals surface area contributed by atoms with E-state index < -0.39 is 7.92 Å². The molecule has 1 aliphatic heterocycles. The standard InChI is InChI=1S/C35H47O3P/c1-21(2)24-18-26(22(3)4)28(27(19-24)23(5)6)20-32-38-31-17-12-14-25(34(31)39(32)35(7,8)9)33-29(36-10)15-13-16-30(33)37-11/h12-19,21-23,32H,20H2,1-11H3. The Morgan fingerprint density at radius 3 is 1.79 bits per heavy atom. The van der Waals surface area contributed by atoms with Crippen LogP contribution in [0.3, 0.4) is 0 Å². The second-order valence-corrected chi connectivity index (χ2v) is 15.8. The zero-order valence-electron chi connectivity index (χ0n) is 25.8. The summed E-state index contributed by atoms with van der Waals surface area (Å²) in [6, 6.07) is 17.4. The van der Waals surface area contributed by atoms with Crippen molar-refractivity contribution < 1.29 is 14.2 Å². The van der Waals surface area contributed by atoms with Crippen molar-refractivity contribution in [3.8, 4) is 28.4 Å². The Balaban J connectivity index is 1.90. The fourth-order valence-electron chi connectivity index (χ4n) is 5.94. The van der Waals surface area contributed by atoms with Crippen LogP contribution in [0.5, 0.6) is 17.2 Å². The van der Waals surface area contributed by atoms with Crippen LogP contribution >= 0.6 is 7.92 Å². The van der Waals surface area contributed by atoms with Crippen molar-refractivity contribution in [3.05, 3.63) is 70.8 Å². The van der Waals surface area contributed by atoms with Gasteiger partial charge in [-0.15, -0.1) is 0 Å². The van der Waals surface area contributed by atoms with Crippen LogP contribution in [0.4, 0.5) is 0 Å². The Kier molecular flexibility index (Phi) is 8.72. The van der Waals surface area contributed by atoms with Crippen molar-refractivity contribution in [1.29, 1.82) is 0 Å². The summed E-state index contributed by atoms with van der Waals surface area (Å²) in [5, 5.41) is 1.37. The molecule has 0 radical (unpaired) electrons. The lowest BCUT2D eigenvalue weighted by molar-refractivity contribution is 0.292. The van der Waals surface area contributed by atoms with Crippen LogP contribution < -0.4 is 19.5 Å². The number of methoxy groups -OCH3 is 2. The highest BCUT2D eigenvalue weighted by Gasteiger charge is 2.44. The average molecular weight is 547 g/mol. The molecule has 0 spiro atoms. The van der Waals surface area contributed by atoms with E-state index in [9.17, 15) is 0 Å². The first-order valence-electron chi connectivity index (χ1n) is 14.4. The number of rotatable bonds is 8. The molecule has 39 heavy (non-hydrogen) atoms. The average Bonchev–Trinajstić information content (AvgIpc) is 3.26. The zero-order chi connectivity index (χ0) is 28.6. The van der Waals surface area contributed by atoms with Crippen LogP contribution in [-0.2, 0) is 6.42 Å². The maximum atomic E-state index is 6.95. The lowest BCUT2D eigenvalue weighted by Crippen LogP contribution is -2.27. The molecule has 0 saturated heterocycles. The van der Waals surface area contributed by atoms with Gasteiger partial charge in [-0.05, 0) is 71.3 Å². The molecule has 0 amide bonds. The molecule has 0 bridgehead atoms. The van der Waals surface area contributed by atoms with Crippen molar-refractivity contribution >= 4 is 13.2 Å². The van der Waals surface area contributed by atoms with Crippen LogP contribution in [0.2, 0.25) is 0 Å². The fourth-order valence-corrected chi connectivity index (χ4v) is 9.16. The molecule has 1 heterocycles. The molecule has 4 heteroatoms. The minimum Gasteiger partial charge on any atom is -0.496 e. The van der Waals surface area contributed by atoms with E-state index in [4.69, 9.17) is 14.2 Å². The minimum absolute atomic E-state index is 0.0461. The summed E-state index contributed by atoms with van der Waals surface area (Å²) in [5.74, 6) is 4.15. The van der Waals surface area contributed by atoms with Gasteiger partial charge in [-0.3, -0.25) is 0 Å². The number of ether oxygens (including phenoxy) is 3. The summed E-state index contributed by atoms with van der Waals surface area (Å²) in [6.07, 6.45) is 0.916. The molecule has 210 valence electrons. The van der Waals surface area contributed by atoms with E-state index in [1.54, 1.807) is 14.2 Å². The topological polar surface area (TPSA) is 27.7 Å². The number of hydrogen-bond donors (Lipinski definition) is 0. The summed E-state index contributed by atoms with van der Waals surface area (Å²) in [4.78, 5) is 0. The lowest BCUT2D eigenvalue weighted by atomic mass is 9.83. The van der Waals surface area contributed by atoms with E-state index in [0.717, 1.165) is 34.8 Å². The summed E-state index contributed by atoms with van der Waals surface area (Å²) in [7, 11) is 2.78. The Morgan fingerprint density at radius 1 is 0.795 bits per heavy atom. The Bertz CT molecular complexity index is 1260. The summed E-state index contributed by atoms with van der Waals surface area (Å²) in [5.41, 5.74) is 8.03. The van der Waals surface area contributed by atoms with Crippen molar-refractivity contribution in [3.63, 3.8) is 0 Å². The molecular weight excluding hydrogens is 499 g/mol. The molecule has 2 atom stereocenters. The smallest absolute Gasteiger partial charge is 0.130 e. The van der Waals surface area contributed by atoms with Gasteiger partial charge in [-0.1, -0.05) is 92.6 Å². The molecule has 0 fully saturated rings. The molecule has 3 nitrogen and oxygen atoms in total. The van der Waals surface area contributed by atoms with Gasteiger partial charge >= 0.3 is 0 Å². The van der Waals surface area contributed by atoms with E-state index >= 15 is 0 Å². The molecule has 3 aromatic carbocycles. The third kappa shape index (κ3) is 5.71. The fraction of sp³-hybridized carbons (Fsp3) is 0.486. The molecule has 1 aliphatic rings. The quantitative estimate of drug-likeness (QED) is 0.263. The maximum absolute atomic E-state index is 6.95. The second-order valence-electron chi connectivity index (χ2n) is 12.6. The van der Waals surface area contributed by atoms with Gasteiger partial charge in [0, 0.05) is 17.3 Å². The first-order chi connectivity index (χ1) is 18.4. The zero-order valence-corrected chi connectivity index (χ0v) is 26.7. The second kappa shape index (κ2) is 11.5. The van der Waals surface area contributed by atoms with Crippen molar-refractivity contribution in [2.24, 2.45) is 0 Å². The third-order valence-corrected chi connectivity index (χ3v) is 11.1. The molecule has 3 aromatic rings. The van der Waals surface area contributed by atoms with Gasteiger partial charge in [-0.25, -0.2) is 0 Å². The molecule has 0 N–H and O–H groups in total. The SMILES string of the molecule is COc1cccc(OC)c1-c1cccc2c1P(C(C)(C)C)C(Cc1c(C(C)C)cc(C(C)C)cc1C(C)C)O2. The number of benzene rings is 3. The van der Waals surface area contributed by atoms with Crippen molar-refractivity contribution in [2.75, 3.05) is 14.2 Å². The van der Waals surface area contributed by atoms with Crippen LogP contribution in [0.1, 0.15) is 102 Å². The highest BCUT2D eigenvalue weighted by atomic mass is 31.1. The Labute approximate surface area is 238 Å². The van der Waals surface area contributed by atoms with Gasteiger partial charge in [0.1, 0.15) is 23.1 Å². The molecular formula is C35H47O3P. The monoisotopic (exact) mass is 546 g/mol. The molecule has 2 unspecified atom stereocenters. The highest BCUT2D eigenvalue weighted by molar-refractivity contribution is 7.68. The van der Waals surface area contributed by atoms with Crippen LogP contribution in [0.15, 0.2) is 48.5 Å². The summed E-state index contributed by atoms with van der Waals surface area (Å²) in [6.45, 7) is 21.0. The third-order valence-electron chi connectivity index (χ3n) is 7.84. The van der Waals surface area contributed by atoms with Gasteiger partial charge in [0.05, 0.1) is 19.8 Å². The lowest BCUT2D eigenvalue weighted by Gasteiger charge is -2.34. The van der Waals surface area contributed by atoms with E-state index in [1.807, 2.05) is 18.2 Å². The van der Waals surface area contributed by atoms with Gasteiger partial charge in [0.15, 0.2) is 0 Å². The van der Waals surface area contributed by atoms with Crippen LogP contribution in [0.25, 0.3) is 11.1 Å². The normalized spacial score (nSPS) is 17.1. The predicted octanol–water partition coefficient (Wildman–Crippen LogP) is 9.61. The van der Waals surface area contributed by atoms with Crippen molar-refractivity contribution in [2.45, 2.75) is 97.5 Å². The Hall–Kier alpha value is -2.51. The molecule has 0 aromatic heterocycles.